The van der Waals surface area contributed by atoms with Crippen molar-refractivity contribution in [1.29, 1.82) is 0 Å². The van der Waals surface area contributed by atoms with Crippen molar-refractivity contribution in [3.63, 3.8) is 0 Å². The lowest BCUT2D eigenvalue weighted by molar-refractivity contribution is 0.111. The van der Waals surface area contributed by atoms with Crippen LogP contribution >= 0.6 is 0 Å². The zero-order chi connectivity index (χ0) is 18.4. The maximum Gasteiger partial charge on any atom is 0.153 e. The van der Waals surface area contributed by atoms with Gasteiger partial charge in [0.25, 0.3) is 0 Å². The molecule has 3 nitrogen and oxygen atoms in total. The van der Waals surface area contributed by atoms with Gasteiger partial charge in [-0.3, -0.25) is 4.79 Å². The first kappa shape index (κ1) is 19.0. The van der Waals surface area contributed by atoms with Crippen LogP contribution in [0.5, 0.6) is 5.75 Å². The average molecular weight is 339 g/mol. The van der Waals surface area contributed by atoms with Crippen LogP contribution in [0.1, 0.15) is 56.1 Å². The molecule has 0 fully saturated rings. The number of hydrogen-bond acceptors (Lipinski definition) is 3. The van der Waals surface area contributed by atoms with Gasteiger partial charge in [-0.2, -0.15) is 0 Å². The van der Waals surface area contributed by atoms with E-state index in [2.05, 4.69) is 63.8 Å². The fourth-order valence-corrected chi connectivity index (χ4v) is 2.79. The summed E-state index contributed by atoms with van der Waals surface area (Å²) in [5, 5.41) is 0. The summed E-state index contributed by atoms with van der Waals surface area (Å²) < 4.78 is 5.96. The number of anilines is 1. The van der Waals surface area contributed by atoms with Gasteiger partial charge in [-0.1, -0.05) is 45.0 Å². The van der Waals surface area contributed by atoms with E-state index < -0.39 is 0 Å². The van der Waals surface area contributed by atoms with Gasteiger partial charge in [-0.25, -0.2) is 0 Å². The third-order valence-corrected chi connectivity index (χ3v) is 4.47. The Morgan fingerprint density at radius 1 is 1.00 bits per heavy atom. The summed E-state index contributed by atoms with van der Waals surface area (Å²) in [6.45, 7) is 13.1. The molecule has 0 saturated heterocycles. The summed E-state index contributed by atoms with van der Waals surface area (Å²) in [6, 6.07) is 14.2. The molecule has 2 aromatic rings. The Morgan fingerprint density at radius 2 is 1.64 bits per heavy atom. The fourth-order valence-electron chi connectivity index (χ4n) is 2.79. The summed E-state index contributed by atoms with van der Waals surface area (Å²) in [7, 11) is 0. The van der Waals surface area contributed by atoms with Gasteiger partial charge in [0.15, 0.2) is 6.29 Å². The SMILES string of the molecule is CCN(CC)c1ccc(C=O)c(OCc2ccc(C(C)(C)C)cc2)c1. The van der Waals surface area contributed by atoms with Crippen LogP contribution in [0.25, 0.3) is 0 Å². The van der Waals surface area contributed by atoms with Gasteiger partial charge in [0.2, 0.25) is 0 Å². The lowest BCUT2D eigenvalue weighted by Gasteiger charge is -2.22. The highest BCUT2D eigenvalue weighted by atomic mass is 16.5. The highest BCUT2D eigenvalue weighted by Gasteiger charge is 2.13. The molecule has 0 aliphatic rings. The predicted octanol–water partition coefficient (Wildman–Crippen LogP) is 5.22. The van der Waals surface area contributed by atoms with Gasteiger partial charge in [-0.05, 0) is 42.5 Å². The summed E-state index contributed by atoms with van der Waals surface area (Å²) in [5.74, 6) is 0.638. The number of rotatable bonds is 7. The topological polar surface area (TPSA) is 29.5 Å². The lowest BCUT2D eigenvalue weighted by atomic mass is 9.87. The maximum absolute atomic E-state index is 11.3. The van der Waals surface area contributed by atoms with Crippen LogP contribution in [0, 0.1) is 0 Å². The minimum absolute atomic E-state index is 0.141. The first-order chi connectivity index (χ1) is 11.9. The Hall–Kier alpha value is -2.29. The molecule has 3 heteroatoms. The maximum atomic E-state index is 11.3. The molecule has 2 aromatic carbocycles. The minimum atomic E-state index is 0.141. The molecular formula is C22H29NO2. The van der Waals surface area contributed by atoms with Crippen molar-refractivity contribution in [3.8, 4) is 5.75 Å². The molecule has 0 aliphatic carbocycles. The zero-order valence-corrected chi connectivity index (χ0v) is 16.0. The van der Waals surface area contributed by atoms with Crippen LogP contribution in [-0.4, -0.2) is 19.4 Å². The van der Waals surface area contributed by atoms with Crippen LogP contribution in [0.4, 0.5) is 5.69 Å². The quantitative estimate of drug-likeness (QED) is 0.648. The summed E-state index contributed by atoms with van der Waals surface area (Å²) >= 11 is 0. The minimum Gasteiger partial charge on any atom is -0.488 e. The lowest BCUT2D eigenvalue weighted by Crippen LogP contribution is -2.21. The molecule has 0 radical (unpaired) electrons. The van der Waals surface area contributed by atoms with E-state index in [0.717, 1.165) is 30.6 Å². The number of carbonyl (C=O) groups excluding carboxylic acids is 1. The number of carbonyl (C=O) groups is 1. The van der Waals surface area contributed by atoms with E-state index in [-0.39, 0.29) is 5.41 Å². The van der Waals surface area contributed by atoms with Gasteiger partial charge >= 0.3 is 0 Å². The standard InChI is InChI=1S/C22H29NO2/c1-6-23(7-2)20-13-10-18(15-24)21(14-20)25-16-17-8-11-19(12-9-17)22(3,4)5/h8-15H,6-7,16H2,1-5H3. The highest BCUT2D eigenvalue weighted by Crippen LogP contribution is 2.26. The number of aldehydes is 1. The molecule has 0 heterocycles. The van der Waals surface area contributed by atoms with Gasteiger partial charge in [0.1, 0.15) is 12.4 Å². The van der Waals surface area contributed by atoms with Crippen molar-refractivity contribution in [3.05, 3.63) is 59.2 Å². The van der Waals surface area contributed by atoms with Crippen LogP contribution in [0.2, 0.25) is 0 Å². The van der Waals surface area contributed by atoms with Crippen LogP contribution in [0.3, 0.4) is 0 Å². The predicted molar refractivity (Wildman–Crippen MR) is 105 cm³/mol. The number of nitrogens with zero attached hydrogens (tertiary/aromatic N) is 1. The fraction of sp³-hybridized carbons (Fsp3) is 0.409. The van der Waals surface area contributed by atoms with Crippen molar-refractivity contribution in [2.45, 2.75) is 46.6 Å². The zero-order valence-electron chi connectivity index (χ0n) is 16.0. The van der Waals surface area contributed by atoms with Gasteiger partial charge in [0.05, 0.1) is 5.56 Å². The van der Waals surface area contributed by atoms with E-state index in [0.29, 0.717) is 17.9 Å². The Morgan fingerprint density at radius 3 is 2.16 bits per heavy atom. The summed E-state index contributed by atoms with van der Waals surface area (Å²) in [4.78, 5) is 13.6. The first-order valence-electron chi connectivity index (χ1n) is 8.95. The van der Waals surface area contributed by atoms with Crippen LogP contribution < -0.4 is 9.64 Å². The van der Waals surface area contributed by atoms with Crippen molar-refractivity contribution in [2.75, 3.05) is 18.0 Å². The molecule has 0 amide bonds. The number of benzene rings is 2. The van der Waals surface area contributed by atoms with Crippen molar-refractivity contribution in [1.82, 2.24) is 0 Å². The molecule has 0 aromatic heterocycles. The molecule has 25 heavy (non-hydrogen) atoms. The summed E-state index contributed by atoms with van der Waals surface area (Å²) in [5.41, 5.74) is 4.20. The molecule has 0 atom stereocenters. The van der Waals surface area contributed by atoms with E-state index >= 15 is 0 Å². The van der Waals surface area contributed by atoms with Gasteiger partial charge in [0, 0.05) is 24.8 Å². The molecule has 2 rings (SSSR count). The van der Waals surface area contributed by atoms with E-state index in [1.807, 2.05) is 18.2 Å². The van der Waals surface area contributed by atoms with Crippen LogP contribution in [-0.2, 0) is 12.0 Å². The van der Waals surface area contributed by atoms with Gasteiger partial charge in [-0.15, -0.1) is 0 Å². The van der Waals surface area contributed by atoms with E-state index in [9.17, 15) is 4.79 Å². The van der Waals surface area contributed by atoms with Crippen LogP contribution in [0.15, 0.2) is 42.5 Å². The summed E-state index contributed by atoms with van der Waals surface area (Å²) in [6.07, 6.45) is 0.851. The average Bonchev–Trinajstić information content (AvgIpc) is 2.60. The molecule has 0 spiro atoms. The molecule has 0 saturated carbocycles. The normalized spacial score (nSPS) is 11.2. The number of ether oxygens (including phenoxy) is 1. The van der Waals surface area contributed by atoms with E-state index in [1.54, 1.807) is 0 Å². The molecule has 0 N–H and O–H groups in total. The first-order valence-corrected chi connectivity index (χ1v) is 8.95. The van der Waals surface area contributed by atoms with Crippen molar-refractivity contribution >= 4 is 12.0 Å². The van der Waals surface area contributed by atoms with Crippen molar-refractivity contribution in [2.24, 2.45) is 0 Å². The molecule has 134 valence electrons. The van der Waals surface area contributed by atoms with E-state index in [1.165, 1.54) is 5.56 Å². The Labute approximate surface area is 151 Å². The highest BCUT2D eigenvalue weighted by molar-refractivity contribution is 5.80. The second-order valence-corrected chi connectivity index (χ2v) is 7.25. The number of hydrogen-bond donors (Lipinski definition) is 0. The molecule has 0 aliphatic heterocycles. The second kappa shape index (κ2) is 8.19. The second-order valence-electron chi connectivity index (χ2n) is 7.25. The Bertz CT molecular complexity index is 695. The van der Waals surface area contributed by atoms with Gasteiger partial charge < -0.3 is 9.64 Å². The van der Waals surface area contributed by atoms with Crippen molar-refractivity contribution < 1.29 is 9.53 Å². The molecule has 0 unspecified atom stereocenters. The monoisotopic (exact) mass is 339 g/mol. The third-order valence-electron chi connectivity index (χ3n) is 4.47. The Balaban J connectivity index is 2.16. The molecular weight excluding hydrogens is 310 g/mol. The van der Waals surface area contributed by atoms with E-state index in [4.69, 9.17) is 4.74 Å². The third kappa shape index (κ3) is 4.85. The smallest absolute Gasteiger partial charge is 0.153 e. The molecule has 0 bridgehead atoms. The largest absolute Gasteiger partial charge is 0.488 e. The Kier molecular flexibility index (Phi) is 6.24.